The van der Waals surface area contributed by atoms with Crippen LogP contribution in [0.1, 0.15) is 5.56 Å². The van der Waals surface area contributed by atoms with Crippen LogP contribution in [0, 0.1) is 8.98 Å². The summed E-state index contributed by atoms with van der Waals surface area (Å²) >= 11 is 11.0. The van der Waals surface area contributed by atoms with Crippen molar-refractivity contribution in [3.8, 4) is 0 Å². The molecule has 0 bridgehead atoms. The molecule has 0 fully saturated rings. The number of hydrogen-bond donors (Lipinski definition) is 1. The molecule has 11 heavy (non-hydrogen) atoms. The maximum Gasteiger partial charge on any atom is 0.129 e. The Labute approximate surface area is 91.9 Å². The number of halogens is 3. The molecule has 0 aliphatic carbocycles. The Morgan fingerprint density at radius 3 is 2.64 bits per heavy atom. The minimum absolute atomic E-state index is 0.0851. The van der Waals surface area contributed by atoms with E-state index >= 15 is 0 Å². The molecule has 0 saturated heterocycles. The first-order chi connectivity index (χ1) is 5.11. The van der Waals surface area contributed by atoms with Gasteiger partial charge in [-0.15, -0.1) is 0 Å². The molecule has 1 rings (SSSR count). The smallest absolute Gasteiger partial charge is 0.129 e. The van der Waals surface area contributed by atoms with Gasteiger partial charge in [-0.2, -0.15) is 0 Å². The molecule has 0 heterocycles. The van der Waals surface area contributed by atoms with E-state index in [0.29, 0.717) is 0 Å². The Morgan fingerprint density at radius 2 is 2.18 bits per heavy atom. The SMILES string of the molecule is N=C(Cl)c1ccc(Br)cc1I. The maximum absolute atomic E-state index is 7.19. The highest BCUT2D eigenvalue weighted by Gasteiger charge is 2.02. The van der Waals surface area contributed by atoms with Crippen LogP contribution in [-0.4, -0.2) is 5.17 Å². The van der Waals surface area contributed by atoms with Gasteiger partial charge < -0.3 is 0 Å². The summed E-state index contributed by atoms with van der Waals surface area (Å²) in [6.45, 7) is 0. The van der Waals surface area contributed by atoms with Crippen LogP contribution >= 0.6 is 50.1 Å². The van der Waals surface area contributed by atoms with E-state index in [9.17, 15) is 0 Å². The molecule has 0 aliphatic rings. The van der Waals surface area contributed by atoms with E-state index in [1.54, 1.807) is 0 Å². The normalized spacial score (nSPS) is 9.73. The molecule has 58 valence electrons. The first-order valence-corrected chi connectivity index (χ1v) is 5.05. The molecule has 0 unspecified atom stereocenters. The van der Waals surface area contributed by atoms with Crippen LogP contribution in [0.15, 0.2) is 22.7 Å². The Bertz CT molecular complexity index is 300. The van der Waals surface area contributed by atoms with Gasteiger partial charge in [0.15, 0.2) is 0 Å². The van der Waals surface area contributed by atoms with Crippen molar-refractivity contribution in [1.29, 1.82) is 5.41 Å². The molecule has 0 atom stereocenters. The van der Waals surface area contributed by atoms with Gasteiger partial charge in [-0.3, -0.25) is 5.41 Å². The standard InChI is InChI=1S/C7H4BrClIN/c8-4-1-2-5(7(9)11)6(10)3-4/h1-3,11H. The van der Waals surface area contributed by atoms with Gasteiger partial charge >= 0.3 is 0 Å². The molecular weight excluding hydrogens is 340 g/mol. The topological polar surface area (TPSA) is 23.9 Å². The van der Waals surface area contributed by atoms with E-state index in [0.717, 1.165) is 13.6 Å². The predicted molar refractivity (Wildman–Crippen MR) is 59.5 cm³/mol. The summed E-state index contributed by atoms with van der Waals surface area (Å²) in [5, 5.41) is 7.28. The van der Waals surface area contributed by atoms with Gasteiger partial charge in [0.1, 0.15) is 5.17 Å². The van der Waals surface area contributed by atoms with Crippen molar-refractivity contribution in [2.45, 2.75) is 0 Å². The van der Waals surface area contributed by atoms with Crippen molar-refractivity contribution in [1.82, 2.24) is 0 Å². The molecule has 1 aromatic rings. The zero-order chi connectivity index (χ0) is 8.43. The molecule has 0 aliphatic heterocycles. The van der Waals surface area contributed by atoms with Gasteiger partial charge in [0.2, 0.25) is 0 Å². The highest BCUT2D eigenvalue weighted by molar-refractivity contribution is 14.1. The van der Waals surface area contributed by atoms with Crippen molar-refractivity contribution in [3.63, 3.8) is 0 Å². The van der Waals surface area contributed by atoms with Crippen molar-refractivity contribution in [3.05, 3.63) is 31.8 Å². The highest BCUT2D eigenvalue weighted by atomic mass is 127. The maximum atomic E-state index is 7.19. The number of hydrogen-bond acceptors (Lipinski definition) is 1. The largest absolute Gasteiger partial charge is 0.289 e. The summed E-state index contributed by atoms with van der Waals surface area (Å²) in [5.74, 6) is 0. The average molecular weight is 344 g/mol. The average Bonchev–Trinajstić information content (AvgIpc) is 1.85. The second kappa shape index (κ2) is 3.87. The predicted octanol–water partition coefficient (Wildman–Crippen LogP) is 3.62. The minimum atomic E-state index is 0.0851. The van der Waals surface area contributed by atoms with Gasteiger partial charge in [-0.1, -0.05) is 27.5 Å². The molecule has 0 saturated carbocycles. The fraction of sp³-hybridized carbons (Fsp3) is 0. The lowest BCUT2D eigenvalue weighted by Crippen LogP contribution is -1.91. The summed E-state index contributed by atoms with van der Waals surface area (Å²) < 4.78 is 1.99. The van der Waals surface area contributed by atoms with Crippen LogP contribution in [0.5, 0.6) is 0 Å². The van der Waals surface area contributed by atoms with Crippen molar-refractivity contribution in [2.24, 2.45) is 0 Å². The third-order valence-corrected chi connectivity index (χ3v) is 2.76. The third-order valence-electron chi connectivity index (χ3n) is 1.17. The second-order valence-electron chi connectivity index (χ2n) is 1.94. The Hall–Kier alpha value is 0.390. The Kier molecular flexibility index (Phi) is 3.33. The molecule has 0 aromatic heterocycles. The molecular formula is C7H4BrClIN. The molecule has 0 radical (unpaired) electrons. The van der Waals surface area contributed by atoms with Gasteiger partial charge in [-0.05, 0) is 40.8 Å². The molecule has 1 N–H and O–H groups in total. The van der Waals surface area contributed by atoms with Crippen LogP contribution < -0.4 is 0 Å². The first-order valence-electron chi connectivity index (χ1n) is 2.80. The van der Waals surface area contributed by atoms with Crippen LogP contribution in [-0.2, 0) is 0 Å². The van der Waals surface area contributed by atoms with Crippen LogP contribution in [0.3, 0.4) is 0 Å². The molecule has 0 amide bonds. The van der Waals surface area contributed by atoms with E-state index in [2.05, 4.69) is 38.5 Å². The summed E-state index contributed by atoms with van der Waals surface area (Å²) in [5.41, 5.74) is 0.774. The van der Waals surface area contributed by atoms with Crippen LogP contribution in [0.4, 0.5) is 0 Å². The fourth-order valence-corrected chi connectivity index (χ4v) is 2.57. The lowest BCUT2D eigenvalue weighted by atomic mass is 10.2. The lowest BCUT2D eigenvalue weighted by molar-refractivity contribution is 1.49. The number of nitrogens with one attached hydrogen (secondary N) is 1. The van der Waals surface area contributed by atoms with E-state index < -0.39 is 0 Å². The zero-order valence-electron chi connectivity index (χ0n) is 5.37. The highest BCUT2D eigenvalue weighted by Crippen LogP contribution is 2.19. The van der Waals surface area contributed by atoms with Crippen molar-refractivity contribution < 1.29 is 0 Å². The summed E-state index contributed by atoms with van der Waals surface area (Å²) in [7, 11) is 0. The molecule has 1 nitrogen and oxygen atoms in total. The third kappa shape index (κ3) is 2.42. The lowest BCUT2D eigenvalue weighted by Gasteiger charge is -1.99. The Morgan fingerprint density at radius 1 is 1.55 bits per heavy atom. The minimum Gasteiger partial charge on any atom is -0.289 e. The van der Waals surface area contributed by atoms with Crippen LogP contribution in [0.25, 0.3) is 0 Å². The fourth-order valence-electron chi connectivity index (χ4n) is 0.667. The van der Waals surface area contributed by atoms with Gasteiger partial charge in [0.05, 0.1) is 0 Å². The quantitative estimate of drug-likeness (QED) is 0.594. The van der Waals surface area contributed by atoms with Crippen LogP contribution in [0.2, 0.25) is 0 Å². The summed E-state index contributed by atoms with van der Waals surface area (Å²) in [4.78, 5) is 0. The van der Waals surface area contributed by atoms with E-state index in [-0.39, 0.29) is 5.17 Å². The van der Waals surface area contributed by atoms with Crippen molar-refractivity contribution in [2.75, 3.05) is 0 Å². The number of rotatable bonds is 1. The Balaban J connectivity index is 3.20. The molecule has 4 heteroatoms. The molecule has 0 spiro atoms. The van der Waals surface area contributed by atoms with Gasteiger partial charge in [0, 0.05) is 13.6 Å². The zero-order valence-corrected chi connectivity index (χ0v) is 9.87. The van der Waals surface area contributed by atoms with Gasteiger partial charge in [0.25, 0.3) is 0 Å². The number of benzene rings is 1. The van der Waals surface area contributed by atoms with E-state index in [1.807, 2.05) is 18.2 Å². The first kappa shape index (κ1) is 9.48. The monoisotopic (exact) mass is 343 g/mol. The van der Waals surface area contributed by atoms with Gasteiger partial charge in [-0.25, -0.2) is 0 Å². The second-order valence-corrected chi connectivity index (χ2v) is 4.39. The summed E-state index contributed by atoms with van der Waals surface area (Å²) in [6, 6.07) is 5.61. The van der Waals surface area contributed by atoms with E-state index in [4.69, 9.17) is 17.0 Å². The van der Waals surface area contributed by atoms with E-state index in [1.165, 1.54) is 0 Å². The van der Waals surface area contributed by atoms with Crippen molar-refractivity contribution >= 4 is 55.3 Å². The summed E-state index contributed by atoms with van der Waals surface area (Å²) in [6.07, 6.45) is 0. The molecule has 1 aromatic carbocycles.